The molecule has 0 aromatic rings. The molecule has 0 radical (unpaired) electrons. The van der Waals surface area contributed by atoms with Crippen LogP contribution in [-0.2, 0) is 4.52 Å². The van der Waals surface area contributed by atoms with Gasteiger partial charge in [0, 0.05) is 0 Å². The van der Waals surface area contributed by atoms with Crippen molar-refractivity contribution in [3.8, 4) is 6.07 Å². The number of nitrogens with zero attached hydrogens (tertiary/aromatic N) is 1. The maximum atomic E-state index is 7.99. The average Bonchev–Trinajstić information content (AvgIpc) is 1.88. The van der Waals surface area contributed by atoms with Gasteiger partial charge in [0.05, 0.1) is 19.1 Å². The quantitative estimate of drug-likeness (QED) is 0.494. The molecule has 0 aliphatic rings. The van der Waals surface area contributed by atoms with Crippen LogP contribution in [0.1, 0.15) is 20.3 Å². The van der Waals surface area contributed by atoms with Crippen LogP contribution in [0.3, 0.4) is 0 Å². The fourth-order valence-electron chi connectivity index (χ4n) is 0.142. The summed E-state index contributed by atoms with van der Waals surface area (Å²) in [5.41, 5.74) is 5.11. The molecule has 0 heterocycles. The van der Waals surface area contributed by atoms with E-state index in [4.69, 9.17) is 15.9 Å². The van der Waals surface area contributed by atoms with Gasteiger partial charge < -0.3 is 15.2 Å². The highest BCUT2D eigenvalue weighted by atomic mass is 31.1. The van der Waals surface area contributed by atoms with Gasteiger partial charge in [-0.25, -0.2) is 0 Å². The molecule has 1 atom stereocenters. The molecule has 0 amide bonds. The van der Waals surface area contributed by atoms with Gasteiger partial charge in [-0.3, -0.25) is 0 Å². The summed E-state index contributed by atoms with van der Waals surface area (Å²) in [7, 11) is -0.483. The molecule has 66 valence electrons. The molecule has 0 aliphatic carbocycles. The standard InChI is InChI=1S/C3H6NO2P.C3H9N/c4-2-1-3-6-7-5;1-3(2)4/h5,7H,1,3H2;3H,4H2,1-2H3. The van der Waals surface area contributed by atoms with Crippen molar-refractivity contribution < 1.29 is 9.42 Å². The second-order valence-electron chi connectivity index (χ2n) is 2.09. The number of nitrogens with two attached hydrogens (primary N) is 1. The van der Waals surface area contributed by atoms with Crippen LogP contribution in [-0.4, -0.2) is 17.5 Å². The number of nitriles is 1. The lowest BCUT2D eigenvalue weighted by Gasteiger charge is -1.88. The smallest absolute Gasteiger partial charge is 0.152 e. The molecule has 1 unspecified atom stereocenters. The van der Waals surface area contributed by atoms with E-state index >= 15 is 0 Å². The lowest BCUT2D eigenvalue weighted by molar-refractivity contribution is 0.335. The van der Waals surface area contributed by atoms with E-state index < -0.39 is 9.03 Å². The highest BCUT2D eigenvalue weighted by Crippen LogP contribution is 2.01. The van der Waals surface area contributed by atoms with Crippen molar-refractivity contribution in [3.63, 3.8) is 0 Å². The largest absolute Gasteiger partial charge is 0.352 e. The summed E-state index contributed by atoms with van der Waals surface area (Å²) in [6, 6.07) is 2.20. The van der Waals surface area contributed by atoms with E-state index in [1.807, 2.05) is 19.9 Å². The third kappa shape index (κ3) is 41.3. The van der Waals surface area contributed by atoms with Crippen molar-refractivity contribution in [1.29, 1.82) is 5.26 Å². The highest BCUT2D eigenvalue weighted by molar-refractivity contribution is 7.24. The van der Waals surface area contributed by atoms with Crippen LogP contribution in [0, 0.1) is 11.3 Å². The van der Waals surface area contributed by atoms with Gasteiger partial charge in [0.25, 0.3) is 0 Å². The van der Waals surface area contributed by atoms with Gasteiger partial charge in [0.15, 0.2) is 9.03 Å². The van der Waals surface area contributed by atoms with Gasteiger partial charge in [0.2, 0.25) is 0 Å². The molecule has 0 saturated heterocycles. The van der Waals surface area contributed by atoms with E-state index in [1.165, 1.54) is 0 Å². The van der Waals surface area contributed by atoms with Crippen LogP contribution in [0.25, 0.3) is 0 Å². The molecule has 0 saturated carbocycles. The summed E-state index contributed by atoms with van der Waals surface area (Å²) in [4.78, 5) is 7.99. The van der Waals surface area contributed by atoms with Crippen molar-refractivity contribution in [2.45, 2.75) is 26.3 Å². The molecule has 0 aromatic carbocycles. The molecule has 4 nitrogen and oxygen atoms in total. The van der Waals surface area contributed by atoms with Crippen LogP contribution >= 0.6 is 9.03 Å². The first kappa shape index (κ1) is 13.4. The zero-order valence-electron chi connectivity index (χ0n) is 6.87. The maximum Gasteiger partial charge on any atom is 0.152 e. The normalized spacial score (nSPS) is 9.45. The van der Waals surface area contributed by atoms with E-state index in [0.717, 1.165) is 0 Å². The van der Waals surface area contributed by atoms with Gasteiger partial charge in [-0.2, -0.15) is 5.26 Å². The van der Waals surface area contributed by atoms with E-state index in [-0.39, 0.29) is 0 Å². The first-order valence-electron chi connectivity index (χ1n) is 3.28. The second-order valence-corrected chi connectivity index (χ2v) is 2.56. The Kier molecular flexibility index (Phi) is 15.2. The minimum Gasteiger partial charge on any atom is -0.352 e. The third-order valence-corrected chi connectivity index (χ3v) is 0.714. The summed E-state index contributed by atoms with van der Waals surface area (Å²) in [6.45, 7) is 4.23. The zero-order valence-corrected chi connectivity index (χ0v) is 7.87. The Balaban J connectivity index is 0. The predicted molar refractivity (Wildman–Crippen MR) is 46.0 cm³/mol. The Morgan fingerprint density at radius 1 is 1.73 bits per heavy atom. The molecule has 3 N–H and O–H groups in total. The van der Waals surface area contributed by atoms with Gasteiger partial charge >= 0.3 is 0 Å². The molecule has 0 aromatic heterocycles. The highest BCUT2D eigenvalue weighted by Gasteiger charge is 1.79. The Bertz CT molecular complexity index is 100. The van der Waals surface area contributed by atoms with Gasteiger partial charge in [-0.15, -0.1) is 0 Å². The Morgan fingerprint density at radius 2 is 2.18 bits per heavy atom. The topological polar surface area (TPSA) is 79.3 Å². The molecule has 0 spiro atoms. The Hall–Kier alpha value is -0.200. The van der Waals surface area contributed by atoms with E-state index in [2.05, 4.69) is 4.52 Å². The molecule has 5 heteroatoms. The van der Waals surface area contributed by atoms with E-state index in [9.17, 15) is 0 Å². The predicted octanol–water partition coefficient (Wildman–Crippen LogP) is 0.771. The average molecular weight is 178 g/mol. The van der Waals surface area contributed by atoms with Crippen LogP contribution < -0.4 is 5.73 Å². The minimum atomic E-state index is -0.483. The Labute approximate surface area is 69.3 Å². The van der Waals surface area contributed by atoms with Gasteiger partial charge in [-0.05, 0) is 6.04 Å². The monoisotopic (exact) mass is 178 g/mol. The van der Waals surface area contributed by atoms with Crippen molar-refractivity contribution in [2.75, 3.05) is 6.61 Å². The maximum absolute atomic E-state index is 7.99. The first-order valence-corrected chi connectivity index (χ1v) is 4.14. The first-order chi connectivity index (χ1) is 5.15. The molecular formula is C6H15N2O2P. The lowest BCUT2D eigenvalue weighted by Crippen LogP contribution is -2.06. The fraction of sp³-hybridized carbons (Fsp3) is 0.833. The van der Waals surface area contributed by atoms with Gasteiger partial charge in [0.1, 0.15) is 0 Å². The minimum absolute atomic E-state index is 0.333. The van der Waals surface area contributed by atoms with Crippen LogP contribution in [0.4, 0.5) is 0 Å². The van der Waals surface area contributed by atoms with Crippen LogP contribution in [0.2, 0.25) is 0 Å². The Morgan fingerprint density at radius 3 is 2.45 bits per heavy atom. The summed E-state index contributed by atoms with van der Waals surface area (Å²) in [5, 5.41) is 7.88. The number of rotatable bonds is 3. The second kappa shape index (κ2) is 12.5. The van der Waals surface area contributed by atoms with Gasteiger partial charge in [-0.1, -0.05) is 13.8 Å². The SMILES string of the molecule is CC(C)N.N#CCCOPO. The molecule has 0 bridgehead atoms. The third-order valence-electron chi connectivity index (χ3n) is 0.380. The number of hydrogen-bond acceptors (Lipinski definition) is 4. The summed E-state index contributed by atoms with van der Waals surface area (Å²) in [5.74, 6) is 0. The van der Waals surface area contributed by atoms with E-state index in [0.29, 0.717) is 19.1 Å². The molecular weight excluding hydrogens is 163 g/mol. The summed E-state index contributed by atoms with van der Waals surface area (Å²) < 4.78 is 4.43. The lowest BCUT2D eigenvalue weighted by atomic mass is 10.5. The van der Waals surface area contributed by atoms with Crippen molar-refractivity contribution >= 4 is 9.03 Å². The zero-order chi connectivity index (χ0) is 9.11. The molecule has 0 rings (SSSR count). The van der Waals surface area contributed by atoms with Crippen LogP contribution in [0.5, 0.6) is 0 Å². The molecule has 0 aliphatic heterocycles. The van der Waals surface area contributed by atoms with Crippen molar-refractivity contribution in [3.05, 3.63) is 0 Å². The fourth-order valence-corrected chi connectivity index (χ4v) is 0.336. The van der Waals surface area contributed by atoms with Crippen molar-refractivity contribution in [2.24, 2.45) is 5.73 Å². The van der Waals surface area contributed by atoms with E-state index in [1.54, 1.807) is 0 Å². The summed E-state index contributed by atoms with van der Waals surface area (Å²) in [6.07, 6.45) is 0.355. The van der Waals surface area contributed by atoms with Crippen LogP contribution in [0.15, 0.2) is 0 Å². The number of hydrogen-bond donors (Lipinski definition) is 2. The summed E-state index contributed by atoms with van der Waals surface area (Å²) >= 11 is 0. The van der Waals surface area contributed by atoms with Crippen molar-refractivity contribution in [1.82, 2.24) is 0 Å². The molecule has 0 fully saturated rings. The molecule has 11 heavy (non-hydrogen) atoms.